The number of nitrogens with zero attached hydrogens (tertiary/aromatic N) is 1. The summed E-state index contributed by atoms with van der Waals surface area (Å²) in [5.41, 5.74) is 2.80. The Morgan fingerprint density at radius 2 is 1.74 bits per heavy atom. The van der Waals surface area contributed by atoms with Crippen LogP contribution in [0.3, 0.4) is 0 Å². The van der Waals surface area contributed by atoms with Crippen LogP contribution in [0.2, 0.25) is 0 Å². The van der Waals surface area contributed by atoms with Gasteiger partial charge in [0.25, 0.3) is 0 Å². The standard InChI is InChI=1S/C12H19N3O4/c1-15(12(16)14-13)7-9-10(18-3)5-8(17-2)6-11(9)19-4/h5-6H,7,13H2,1-4H3,(H,14,16). The molecule has 0 aliphatic carbocycles. The number of methoxy groups -OCH3 is 3. The van der Waals surface area contributed by atoms with E-state index >= 15 is 0 Å². The second-order valence-electron chi connectivity index (χ2n) is 3.82. The third-order valence-electron chi connectivity index (χ3n) is 2.68. The Labute approximate surface area is 112 Å². The lowest BCUT2D eigenvalue weighted by molar-refractivity contribution is 0.206. The smallest absolute Gasteiger partial charge is 0.331 e. The average molecular weight is 269 g/mol. The largest absolute Gasteiger partial charge is 0.496 e. The maximum absolute atomic E-state index is 11.4. The first-order valence-corrected chi connectivity index (χ1v) is 5.58. The molecule has 0 aliphatic heterocycles. The molecule has 19 heavy (non-hydrogen) atoms. The molecule has 7 nitrogen and oxygen atoms in total. The van der Waals surface area contributed by atoms with Crippen LogP contribution in [0.15, 0.2) is 12.1 Å². The molecule has 7 heteroatoms. The molecule has 0 saturated carbocycles. The van der Waals surface area contributed by atoms with Gasteiger partial charge in [-0.2, -0.15) is 0 Å². The molecule has 0 bridgehead atoms. The molecule has 0 atom stereocenters. The normalized spacial score (nSPS) is 9.74. The minimum absolute atomic E-state index is 0.291. The molecule has 1 aromatic carbocycles. The number of benzene rings is 1. The topological polar surface area (TPSA) is 86.1 Å². The highest BCUT2D eigenvalue weighted by molar-refractivity contribution is 5.73. The highest BCUT2D eigenvalue weighted by Gasteiger charge is 2.17. The second kappa shape index (κ2) is 6.69. The number of amides is 2. The van der Waals surface area contributed by atoms with Crippen LogP contribution in [0.1, 0.15) is 5.56 Å². The second-order valence-corrected chi connectivity index (χ2v) is 3.82. The van der Waals surface area contributed by atoms with E-state index < -0.39 is 6.03 Å². The van der Waals surface area contributed by atoms with Gasteiger partial charge in [-0.15, -0.1) is 0 Å². The van der Waals surface area contributed by atoms with E-state index in [-0.39, 0.29) is 0 Å². The Morgan fingerprint density at radius 3 is 2.11 bits per heavy atom. The Hall–Kier alpha value is -2.15. The summed E-state index contributed by atoms with van der Waals surface area (Å²) in [6.45, 7) is 0.291. The molecule has 3 N–H and O–H groups in total. The third kappa shape index (κ3) is 3.41. The van der Waals surface area contributed by atoms with Crippen molar-refractivity contribution in [1.82, 2.24) is 10.3 Å². The minimum atomic E-state index is -0.403. The molecule has 0 fully saturated rings. The van der Waals surface area contributed by atoms with Crippen LogP contribution < -0.4 is 25.5 Å². The summed E-state index contributed by atoms with van der Waals surface area (Å²) in [6.07, 6.45) is 0. The van der Waals surface area contributed by atoms with Gasteiger partial charge < -0.3 is 19.1 Å². The average Bonchev–Trinajstić information content (AvgIpc) is 2.45. The number of hydrazine groups is 1. The maximum atomic E-state index is 11.4. The summed E-state index contributed by atoms with van der Waals surface area (Å²) in [5, 5.41) is 0. The van der Waals surface area contributed by atoms with Gasteiger partial charge in [0.1, 0.15) is 17.2 Å². The van der Waals surface area contributed by atoms with Crippen molar-refractivity contribution < 1.29 is 19.0 Å². The fourth-order valence-corrected chi connectivity index (χ4v) is 1.65. The summed E-state index contributed by atoms with van der Waals surface area (Å²) < 4.78 is 15.7. The number of urea groups is 1. The van der Waals surface area contributed by atoms with Gasteiger partial charge in [-0.1, -0.05) is 0 Å². The molecule has 0 saturated heterocycles. The summed E-state index contributed by atoms with van der Waals surface area (Å²) in [4.78, 5) is 12.8. The predicted molar refractivity (Wildman–Crippen MR) is 70.3 cm³/mol. The van der Waals surface area contributed by atoms with Gasteiger partial charge in [-0.05, 0) is 0 Å². The van der Waals surface area contributed by atoms with Crippen LogP contribution in [-0.4, -0.2) is 39.3 Å². The van der Waals surface area contributed by atoms with Crippen molar-refractivity contribution in [1.29, 1.82) is 0 Å². The Kier molecular flexibility index (Phi) is 5.25. The molecule has 0 aromatic heterocycles. The number of carbonyl (C=O) groups is 1. The fraction of sp³-hybridized carbons (Fsp3) is 0.417. The predicted octanol–water partition coefficient (Wildman–Crippen LogP) is 0.728. The number of rotatable bonds is 5. The quantitative estimate of drug-likeness (QED) is 0.467. The molecule has 1 aromatic rings. The summed E-state index contributed by atoms with van der Waals surface area (Å²) in [5.74, 6) is 6.86. The lowest BCUT2D eigenvalue weighted by atomic mass is 10.1. The van der Waals surface area contributed by atoms with E-state index in [4.69, 9.17) is 20.1 Å². The highest BCUT2D eigenvalue weighted by Crippen LogP contribution is 2.34. The van der Waals surface area contributed by atoms with E-state index in [1.165, 1.54) is 4.90 Å². The van der Waals surface area contributed by atoms with Crippen LogP contribution in [0.4, 0.5) is 4.79 Å². The Morgan fingerprint density at radius 1 is 1.21 bits per heavy atom. The van der Waals surface area contributed by atoms with Crippen LogP contribution in [0.25, 0.3) is 0 Å². The van der Waals surface area contributed by atoms with Gasteiger partial charge in [-0.3, -0.25) is 5.43 Å². The monoisotopic (exact) mass is 269 g/mol. The molecule has 0 heterocycles. The van der Waals surface area contributed by atoms with E-state index in [1.54, 1.807) is 40.5 Å². The number of hydrogen-bond acceptors (Lipinski definition) is 5. The van der Waals surface area contributed by atoms with Gasteiger partial charge in [0.15, 0.2) is 0 Å². The van der Waals surface area contributed by atoms with Crippen molar-refractivity contribution in [3.8, 4) is 17.2 Å². The lowest BCUT2D eigenvalue weighted by Crippen LogP contribution is -2.40. The third-order valence-corrected chi connectivity index (χ3v) is 2.68. The number of nitrogens with two attached hydrogens (primary N) is 1. The van der Waals surface area contributed by atoms with Gasteiger partial charge in [0, 0.05) is 19.2 Å². The number of nitrogens with one attached hydrogen (secondary N) is 1. The number of carbonyl (C=O) groups excluding carboxylic acids is 1. The van der Waals surface area contributed by atoms with E-state index in [2.05, 4.69) is 5.43 Å². The zero-order valence-electron chi connectivity index (χ0n) is 11.5. The van der Waals surface area contributed by atoms with Crippen LogP contribution in [0.5, 0.6) is 17.2 Å². The number of ether oxygens (including phenoxy) is 3. The van der Waals surface area contributed by atoms with E-state index in [0.29, 0.717) is 23.8 Å². The van der Waals surface area contributed by atoms with E-state index in [1.807, 2.05) is 0 Å². The van der Waals surface area contributed by atoms with Gasteiger partial charge in [0.2, 0.25) is 0 Å². The van der Waals surface area contributed by atoms with E-state index in [0.717, 1.165) is 5.56 Å². The summed E-state index contributed by atoms with van der Waals surface area (Å²) >= 11 is 0. The van der Waals surface area contributed by atoms with Crippen LogP contribution >= 0.6 is 0 Å². The first-order chi connectivity index (χ1) is 9.07. The molecular weight excluding hydrogens is 250 g/mol. The van der Waals surface area contributed by atoms with Crippen molar-refractivity contribution >= 4 is 6.03 Å². The molecule has 0 unspecified atom stereocenters. The zero-order valence-corrected chi connectivity index (χ0v) is 11.5. The molecule has 1 rings (SSSR count). The molecule has 0 aliphatic rings. The molecule has 106 valence electrons. The Bertz CT molecular complexity index is 426. The van der Waals surface area contributed by atoms with Crippen molar-refractivity contribution in [3.05, 3.63) is 17.7 Å². The maximum Gasteiger partial charge on any atom is 0.331 e. The summed E-state index contributed by atoms with van der Waals surface area (Å²) in [7, 11) is 6.26. The van der Waals surface area contributed by atoms with Crippen molar-refractivity contribution in [2.45, 2.75) is 6.54 Å². The SMILES string of the molecule is COc1cc(OC)c(CN(C)C(=O)NN)c(OC)c1. The molecule has 0 radical (unpaired) electrons. The summed E-state index contributed by atoms with van der Waals surface area (Å²) in [6, 6.07) is 3.05. The number of hydrogen-bond donors (Lipinski definition) is 2. The van der Waals surface area contributed by atoms with Crippen LogP contribution in [-0.2, 0) is 6.54 Å². The Balaban J connectivity index is 3.13. The van der Waals surface area contributed by atoms with Crippen LogP contribution in [0, 0.1) is 0 Å². The molecule has 2 amide bonds. The van der Waals surface area contributed by atoms with Crippen molar-refractivity contribution in [2.75, 3.05) is 28.4 Å². The lowest BCUT2D eigenvalue weighted by Gasteiger charge is -2.20. The van der Waals surface area contributed by atoms with Gasteiger partial charge >= 0.3 is 6.03 Å². The van der Waals surface area contributed by atoms with Crippen molar-refractivity contribution in [3.63, 3.8) is 0 Å². The highest BCUT2D eigenvalue weighted by atomic mass is 16.5. The minimum Gasteiger partial charge on any atom is -0.496 e. The fourth-order valence-electron chi connectivity index (χ4n) is 1.65. The first-order valence-electron chi connectivity index (χ1n) is 5.58. The van der Waals surface area contributed by atoms with Gasteiger partial charge in [-0.25, -0.2) is 10.6 Å². The molecule has 0 spiro atoms. The van der Waals surface area contributed by atoms with Gasteiger partial charge in [0.05, 0.1) is 33.4 Å². The molecular formula is C12H19N3O4. The van der Waals surface area contributed by atoms with E-state index in [9.17, 15) is 4.79 Å². The zero-order chi connectivity index (χ0) is 14.4. The first kappa shape index (κ1) is 14.9. The van der Waals surface area contributed by atoms with Crippen molar-refractivity contribution in [2.24, 2.45) is 5.84 Å².